The van der Waals surface area contributed by atoms with Gasteiger partial charge in [0.05, 0.1) is 29.8 Å². The summed E-state index contributed by atoms with van der Waals surface area (Å²) in [4.78, 5) is 4.39. The Labute approximate surface area is 77.4 Å². The smallest absolute Gasteiger partial charge is 0.0845 e. The lowest BCUT2D eigenvalue weighted by atomic mass is 10.1. The second kappa shape index (κ2) is 3.17. The summed E-state index contributed by atoms with van der Waals surface area (Å²) in [6.45, 7) is 4.34. The van der Waals surface area contributed by atoms with Crippen molar-refractivity contribution in [2.75, 3.05) is 0 Å². The van der Waals surface area contributed by atoms with E-state index in [0.29, 0.717) is 5.92 Å². The summed E-state index contributed by atoms with van der Waals surface area (Å²) < 4.78 is 1.87. The van der Waals surface area contributed by atoms with Crippen molar-refractivity contribution < 1.29 is 0 Å². The van der Waals surface area contributed by atoms with Crippen molar-refractivity contribution in [3.63, 3.8) is 0 Å². The molecule has 0 spiro atoms. The van der Waals surface area contributed by atoms with Crippen LogP contribution in [0, 0.1) is 0 Å². The lowest BCUT2D eigenvalue weighted by Crippen LogP contribution is -1.99. The molecule has 0 radical (unpaired) electrons. The maximum absolute atomic E-state index is 4.39. The van der Waals surface area contributed by atoms with Crippen molar-refractivity contribution in [1.82, 2.24) is 14.6 Å². The molecule has 0 aliphatic heterocycles. The van der Waals surface area contributed by atoms with Gasteiger partial charge in [-0.05, 0) is 18.4 Å². The average Bonchev–Trinajstić information content (AvgIpc) is 2.63. The van der Waals surface area contributed by atoms with Crippen LogP contribution in [0.15, 0.2) is 24.7 Å². The van der Waals surface area contributed by atoms with Crippen molar-refractivity contribution in [2.45, 2.75) is 26.2 Å². The van der Waals surface area contributed by atoms with E-state index in [1.54, 1.807) is 6.20 Å². The van der Waals surface area contributed by atoms with Gasteiger partial charge in [0, 0.05) is 0 Å². The van der Waals surface area contributed by atoms with Crippen LogP contribution in [0.25, 0.3) is 5.52 Å². The normalized spacial score (nSPS) is 13.4. The predicted octanol–water partition coefficient (Wildman–Crippen LogP) is 2.24. The highest BCUT2D eigenvalue weighted by atomic mass is 15.2. The third kappa shape index (κ3) is 1.41. The monoisotopic (exact) mass is 175 g/mol. The van der Waals surface area contributed by atoms with Crippen LogP contribution in [0.4, 0.5) is 0 Å². The number of hydrogen-bond acceptors (Lipinski definition) is 2. The maximum atomic E-state index is 4.39. The first-order chi connectivity index (χ1) is 6.31. The van der Waals surface area contributed by atoms with Crippen LogP contribution in [-0.4, -0.2) is 14.6 Å². The van der Waals surface area contributed by atoms with Gasteiger partial charge in [0.25, 0.3) is 0 Å². The molecule has 1 unspecified atom stereocenters. The van der Waals surface area contributed by atoms with Crippen LogP contribution >= 0.6 is 0 Å². The van der Waals surface area contributed by atoms with E-state index in [0.717, 1.165) is 17.6 Å². The van der Waals surface area contributed by atoms with Crippen LogP contribution in [0.1, 0.15) is 31.9 Å². The van der Waals surface area contributed by atoms with Crippen molar-refractivity contribution in [3.05, 3.63) is 30.4 Å². The van der Waals surface area contributed by atoms with Crippen LogP contribution in [-0.2, 0) is 0 Å². The number of fused-ring (bicyclic) bond motifs is 1. The molecule has 2 heterocycles. The summed E-state index contributed by atoms with van der Waals surface area (Å²) in [6.07, 6.45) is 6.77. The average molecular weight is 175 g/mol. The van der Waals surface area contributed by atoms with E-state index in [9.17, 15) is 0 Å². The third-order valence-electron chi connectivity index (χ3n) is 2.42. The molecule has 3 nitrogen and oxygen atoms in total. The lowest BCUT2D eigenvalue weighted by molar-refractivity contribution is 0.696. The predicted molar refractivity (Wildman–Crippen MR) is 51.7 cm³/mol. The SMILES string of the molecule is CCC(C)c1cn2nccc2cn1. The summed E-state index contributed by atoms with van der Waals surface area (Å²) in [6, 6.07) is 1.95. The topological polar surface area (TPSA) is 30.2 Å². The van der Waals surface area contributed by atoms with Crippen LogP contribution < -0.4 is 0 Å². The highest BCUT2D eigenvalue weighted by molar-refractivity contribution is 5.42. The molecular weight excluding hydrogens is 162 g/mol. The summed E-state index contributed by atoms with van der Waals surface area (Å²) in [5.74, 6) is 0.508. The number of aromatic nitrogens is 3. The highest BCUT2D eigenvalue weighted by Gasteiger charge is 2.05. The Morgan fingerprint density at radius 2 is 2.38 bits per heavy atom. The fraction of sp³-hybridized carbons (Fsp3) is 0.400. The van der Waals surface area contributed by atoms with Crippen LogP contribution in [0.2, 0.25) is 0 Å². The standard InChI is InChI=1S/C10H13N3/c1-3-8(2)10-7-13-9(6-11-10)4-5-12-13/h4-8H,3H2,1-2H3. The second-order valence-electron chi connectivity index (χ2n) is 3.32. The fourth-order valence-electron chi connectivity index (χ4n) is 1.30. The molecule has 0 amide bonds. The molecule has 0 saturated carbocycles. The maximum Gasteiger partial charge on any atom is 0.0845 e. The van der Waals surface area contributed by atoms with Gasteiger partial charge in [0.15, 0.2) is 0 Å². The second-order valence-corrected chi connectivity index (χ2v) is 3.32. The highest BCUT2D eigenvalue weighted by Crippen LogP contribution is 2.15. The van der Waals surface area contributed by atoms with Crippen molar-refractivity contribution >= 4 is 5.52 Å². The number of rotatable bonds is 2. The van der Waals surface area contributed by atoms with E-state index in [2.05, 4.69) is 23.9 Å². The minimum absolute atomic E-state index is 0.508. The molecule has 2 aromatic heterocycles. The van der Waals surface area contributed by atoms with E-state index >= 15 is 0 Å². The van der Waals surface area contributed by atoms with Gasteiger partial charge >= 0.3 is 0 Å². The molecule has 3 heteroatoms. The Morgan fingerprint density at radius 3 is 3.15 bits per heavy atom. The molecule has 13 heavy (non-hydrogen) atoms. The van der Waals surface area contributed by atoms with Gasteiger partial charge in [0.2, 0.25) is 0 Å². The number of nitrogens with zero attached hydrogens (tertiary/aromatic N) is 3. The zero-order chi connectivity index (χ0) is 9.26. The molecule has 0 bridgehead atoms. The molecule has 68 valence electrons. The Morgan fingerprint density at radius 1 is 1.54 bits per heavy atom. The minimum atomic E-state index is 0.508. The van der Waals surface area contributed by atoms with Gasteiger partial charge in [-0.3, -0.25) is 4.98 Å². The van der Waals surface area contributed by atoms with E-state index in [1.807, 2.05) is 23.0 Å². The molecule has 0 aromatic carbocycles. The zero-order valence-electron chi connectivity index (χ0n) is 7.94. The van der Waals surface area contributed by atoms with E-state index in [1.165, 1.54) is 0 Å². The van der Waals surface area contributed by atoms with Crippen LogP contribution in [0.5, 0.6) is 0 Å². The van der Waals surface area contributed by atoms with Gasteiger partial charge in [-0.2, -0.15) is 5.10 Å². The van der Waals surface area contributed by atoms with Crippen molar-refractivity contribution in [1.29, 1.82) is 0 Å². The number of hydrogen-bond donors (Lipinski definition) is 0. The summed E-state index contributed by atoms with van der Waals surface area (Å²) in [5, 5.41) is 4.17. The molecule has 0 fully saturated rings. The van der Waals surface area contributed by atoms with Crippen LogP contribution in [0.3, 0.4) is 0 Å². The van der Waals surface area contributed by atoms with E-state index in [4.69, 9.17) is 0 Å². The van der Waals surface area contributed by atoms with Gasteiger partial charge < -0.3 is 0 Å². The Hall–Kier alpha value is -1.38. The summed E-state index contributed by atoms with van der Waals surface area (Å²) in [7, 11) is 0. The van der Waals surface area contributed by atoms with Gasteiger partial charge in [0.1, 0.15) is 0 Å². The molecule has 0 aliphatic carbocycles. The summed E-state index contributed by atoms with van der Waals surface area (Å²) >= 11 is 0. The first kappa shape index (κ1) is 8.23. The van der Waals surface area contributed by atoms with Crippen molar-refractivity contribution in [3.8, 4) is 0 Å². The Kier molecular flexibility index (Phi) is 2.00. The molecule has 2 rings (SSSR count). The Bertz CT molecular complexity index is 405. The molecule has 0 saturated heterocycles. The Balaban J connectivity index is 2.48. The minimum Gasteiger partial charge on any atom is -0.257 e. The molecule has 2 aromatic rings. The zero-order valence-corrected chi connectivity index (χ0v) is 7.94. The molecule has 0 aliphatic rings. The van der Waals surface area contributed by atoms with E-state index in [-0.39, 0.29) is 0 Å². The third-order valence-corrected chi connectivity index (χ3v) is 2.42. The molecule has 0 N–H and O–H groups in total. The van der Waals surface area contributed by atoms with Gasteiger partial charge in [-0.1, -0.05) is 13.8 Å². The first-order valence-electron chi connectivity index (χ1n) is 4.60. The first-order valence-corrected chi connectivity index (χ1v) is 4.60. The fourth-order valence-corrected chi connectivity index (χ4v) is 1.30. The quantitative estimate of drug-likeness (QED) is 0.700. The van der Waals surface area contributed by atoms with Crippen molar-refractivity contribution in [2.24, 2.45) is 0 Å². The lowest BCUT2D eigenvalue weighted by Gasteiger charge is -2.06. The van der Waals surface area contributed by atoms with Gasteiger partial charge in [-0.15, -0.1) is 0 Å². The van der Waals surface area contributed by atoms with E-state index < -0.39 is 0 Å². The van der Waals surface area contributed by atoms with Gasteiger partial charge in [-0.25, -0.2) is 4.52 Å². The largest absolute Gasteiger partial charge is 0.257 e. The summed E-state index contributed by atoms with van der Waals surface area (Å²) in [5.41, 5.74) is 2.16. The molecular formula is C10H13N3. The molecule has 1 atom stereocenters.